The first-order chi connectivity index (χ1) is 13.1. The van der Waals surface area contributed by atoms with E-state index in [0.717, 1.165) is 35.1 Å². The molecule has 140 valence electrons. The van der Waals surface area contributed by atoms with Gasteiger partial charge in [0.2, 0.25) is 0 Å². The summed E-state index contributed by atoms with van der Waals surface area (Å²) >= 11 is 1.62. The first-order valence-corrected chi connectivity index (χ1v) is 9.65. The Bertz CT molecular complexity index is 895. The Kier molecular flexibility index (Phi) is 6.32. The van der Waals surface area contributed by atoms with Crippen LogP contribution >= 0.6 is 11.3 Å². The van der Waals surface area contributed by atoms with E-state index in [1.54, 1.807) is 11.3 Å². The quantitative estimate of drug-likeness (QED) is 0.635. The van der Waals surface area contributed by atoms with Gasteiger partial charge in [-0.3, -0.25) is 4.79 Å². The summed E-state index contributed by atoms with van der Waals surface area (Å²) in [5, 5.41) is 6.34. The van der Waals surface area contributed by atoms with E-state index in [1.165, 1.54) is 5.56 Å². The van der Waals surface area contributed by atoms with Gasteiger partial charge in [-0.15, -0.1) is 11.3 Å². The van der Waals surface area contributed by atoms with Crippen molar-refractivity contribution in [1.82, 2.24) is 0 Å². The summed E-state index contributed by atoms with van der Waals surface area (Å²) in [6.07, 6.45) is 0.968. The largest absolute Gasteiger partial charge is 0.328 e. The number of anilines is 1. The molecule has 3 nitrogen and oxygen atoms in total. The highest BCUT2D eigenvalue weighted by atomic mass is 32.1. The minimum Gasteiger partial charge on any atom is -0.328 e. The molecule has 0 saturated carbocycles. The van der Waals surface area contributed by atoms with Gasteiger partial charge in [-0.2, -0.15) is 0 Å². The SMILES string of the molecule is CCc1ccc([C@H]([NH2+]CC(=O)Nc2cc(F)ccc2F)c2cccs2)cc1. The molecule has 27 heavy (non-hydrogen) atoms. The topological polar surface area (TPSA) is 45.7 Å². The summed E-state index contributed by atoms with van der Waals surface area (Å²) in [5.41, 5.74) is 2.20. The normalized spacial score (nSPS) is 12.0. The van der Waals surface area contributed by atoms with Crippen LogP contribution in [0.1, 0.15) is 29.0 Å². The molecule has 0 aliphatic carbocycles. The van der Waals surface area contributed by atoms with Crippen LogP contribution in [0, 0.1) is 11.6 Å². The number of carbonyl (C=O) groups excluding carboxylic acids is 1. The first kappa shape index (κ1) is 19.2. The number of quaternary nitrogens is 1. The molecule has 0 fully saturated rings. The molecule has 0 spiro atoms. The van der Waals surface area contributed by atoms with Gasteiger partial charge in [0.25, 0.3) is 5.91 Å². The lowest BCUT2D eigenvalue weighted by Gasteiger charge is -2.15. The summed E-state index contributed by atoms with van der Waals surface area (Å²) in [7, 11) is 0. The van der Waals surface area contributed by atoms with Crippen molar-refractivity contribution in [3.8, 4) is 0 Å². The number of carbonyl (C=O) groups is 1. The van der Waals surface area contributed by atoms with Crippen LogP contribution in [0.25, 0.3) is 0 Å². The molecule has 1 amide bonds. The second-order valence-electron chi connectivity index (χ2n) is 6.20. The Balaban J connectivity index is 1.71. The number of hydrogen-bond donors (Lipinski definition) is 2. The van der Waals surface area contributed by atoms with Crippen LogP contribution in [-0.4, -0.2) is 12.5 Å². The maximum Gasteiger partial charge on any atom is 0.279 e. The molecule has 0 aliphatic heterocycles. The van der Waals surface area contributed by atoms with Gasteiger partial charge in [0.15, 0.2) is 6.54 Å². The molecule has 2 aromatic carbocycles. The highest BCUT2D eigenvalue weighted by Crippen LogP contribution is 2.23. The van der Waals surface area contributed by atoms with Gasteiger partial charge < -0.3 is 10.6 Å². The molecular formula is C21H21F2N2OS+. The first-order valence-electron chi connectivity index (χ1n) is 8.77. The van der Waals surface area contributed by atoms with Crippen molar-refractivity contribution in [1.29, 1.82) is 0 Å². The minimum atomic E-state index is -0.658. The molecule has 0 aliphatic rings. The molecule has 3 aromatic rings. The molecular weight excluding hydrogens is 366 g/mol. The van der Waals surface area contributed by atoms with E-state index in [-0.39, 0.29) is 24.2 Å². The molecule has 0 unspecified atom stereocenters. The average Bonchev–Trinajstić information content (AvgIpc) is 3.20. The highest BCUT2D eigenvalue weighted by Gasteiger charge is 2.20. The number of nitrogens with one attached hydrogen (secondary N) is 1. The molecule has 6 heteroatoms. The van der Waals surface area contributed by atoms with E-state index < -0.39 is 11.6 Å². The molecule has 1 heterocycles. The zero-order valence-electron chi connectivity index (χ0n) is 14.9. The van der Waals surface area contributed by atoms with Crippen molar-refractivity contribution in [3.63, 3.8) is 0 Å². The number of halogens is 2. The Morgan fingerprint density at radius 2 is 1.93 bits per heavy atom. The molecule has 0 saturated heterocycles. The number of amides is 1. The summed E-state index contributed by atoms with van der Waals surface area (Å²) in [4.78, 5) is 13.4. The van der Waals surface area contributed by atoms with E-state index in [2.05, 4.69) is 36.5 Å². The van der Waals surface area contributed by atoms with Crippen LogP contribution in [0.5, 0.6) is 0 Å². The standard InChI is InChI=1S/C21H20F2N2OS/c1-2-14-5-7-15(8-6-14)21(19-4-3-11-27-19)24-13-20(26)25-18-12-16(22)9-10-17(18)23/h3-12,21,24H,2,13H2,1H3,(H,25,26)/p+1/t21-/m0/s1. The second-order valence-corrected chi connectivity index (χ2v) is 7.18. The molecule has 1 aromatic heterocycles. The predicted molar refractivity (Wildman–Crippen MR) is 104 cm³/mol. The summed E-state index contributed by atoms with van der Waals surface area (Å²) in [5.74, 6) is -1.64. The highest BCUT2D eigenvalue weighted by molar-refractivity contribution is 7.10. The van der Waals surface area contributed by atoms with Crippen LogP contribution in [0.15, 0.2) is 60.0 Å². The number of aryl methyl sites for hydroxylation is 1. The van der Waals surface area contributed by atoms with Crippen molar-refractivity contribution < 1.29 is 18.9 Å². The molecule has 0 bridgehead atoms. The molecule has 1 atom stereocenters. The lowest BCUT2D eigenvalue weighted by Crippen LogP contribution is -2.87. The Labute approximate surface area is 161 Å². The average molecular weight is 387 g/mol. The van der Waals surface area contributed by atoms with Gasteiger partial charge in [0, 0.05) is 11.6 Å². The molecule has 3 N–H and O–H groups in total. The third-order valence-corrected chi connectivity index (χ3v) is 5.29. The third kappa shape index (κ3) is 4.99. The minimum absolute atomic E-state index is 0.0287. The van der Waals surface area contributed by atoms with Gasteiger partial charge in [0.1, 0.15) is 17.7 Å². The smallest absolute Gasteiger partial charge is 0.279 e. The van der Waals surface area contributed by atoms with Crippen LogP contribution in [0.2, 0.25) is 0 Å². The summed E-state index contributed by atoms with van der Waals surface area (Å²) in [6.45, 7) is 2.20. The number of benzene rings is 2. The van der Waals surface area contributed by atoms with Crippen LogP contribution in [0.4, 0.5) is 14.5 Å². The maximum atomic E-state index is 13.7. The fourth-order valence-electron chi connectivity index (χ4n) is 2.86. The van der Waals surface area contributed by atoms with Crippen LogP contribution in [0.3, 0.4) is 0 Å². The van der Waals surface area contributed by atoms with E-state index in [1.807, 2.05) is 22.8 Å². The van der Waals surface area contributed by atoms with Gasteiger partial charge in [0.05, 0.1) is 10.6 Å². The fraction of sp³-hybridized carbons (Fsp3) is 0.190. The fourth-order valence-corrected chi connectivity index (χ4v) is 3.72. The summed E-state index contributed by atoms with van der Waals surface area (Å²) < 4.78 is 27.0. The lowest BCUT2D eigenvalue weighted by molar-refractivity contribution is -0.675. The number of rotatable bonds is 7. The zero-order chi connectivity index (χ0) is 19.2. The zero-order valence-corrected chi connectivity index (χ0v) is 15.7. The Morgan fingerprint density at radius 1 is 1.15 bits per heavy atom. The van der Waals surface area contributed by atoms with Crippen LogP contribution < -0.4 is 10.6 Å². The number of hydrogen-bond acceptors (Lipinski definition) is 2. The van der Waals surface area contributed by atoms with Crippen LogP contribution in [-0.2, 0) is 11.2 Å². The Hall–Kier alpha value is -2.57. The third-order valence-electron chi connectivity index (χ3n) is 4.34. The van der Waals surface area contributed by atoms with Gasteiger partial charge >= 0.3 is 0 Å². The van der Waals surface area contributed by atoms with Crippen molar-refractivity contribution in [2.75, 3.05) is 11.9 Å². The van der Waals surface area contributed by atoms with Crippen molar-refractivity contribution in [2.24, 2.45) is 0 Å². The van der Waals surface area contributed by atoms with E-state index in [4.69, 9.17) is 0 Å². The lowest BCUT2D eigenvalue weighted by atomic mass is 10.0. The summed E-state index contributed by atoms with van der Waals surface area (Å²) in [6, 6.07) is 15.3. The monoisotopic (exact) mass is 387 g/mol. The van der Waals surface area contributed by atoms with E-state index >= 15 is 0 Å². The van der Waals surface area contributed by atoms with Gasteiger partial charge in [-0.1, -0.05) is 37.3 Å². The molecule has 3 rings (SSSR count). The van der Waals surface area contributed by atoms with Crippen molar-refractivity contribution in [3.05, 3.63) is 87.6 Å². The Morgan fingerprint density at radius 3 is 2.59 bits per heavy atom. The number of thiophene rings is 1. The number of nitrogens with two attached hydrogens (primary N) is 1. The van der Waals surface area contributed by atoms with E-state index in [9.17, 15) is 13.6 Å². The predicted octanol–water partition coefficient (Wildman–Crippen LogP) is 3.88. The van der Waals surface area contributed by atoms with Crippen molar-refractivity contribution in [2.45, 2.75) is 19.4 Å². The van der Waals surface area contributed by atoms with Crippen molar-refractivity contribution >= 4 is 22.9 Å². The van der Waals surface area contributed by atoms with Gasteiger partial charge in [-0.25, -0.2) is 8.78 Å². The molecule has 0 radical (unpaired) electrons. The van der Waals surface area contributed by atoms with E-state index in [0.29, 0.717) is 0 Å². The second kappa shape index (κ2) is 8.88. The van der Waals surface area contributed by atoms with Gasteiger partial charge in [-0.05, 0) is 35.6 Å². The maximum absolute atomic E-state index is 13.7.